The van der Waals surface area contributed by atoms with Gasteiger partial charge in [-0.3, -0.25) is 4.79 Å². The van der Waals surface area contributed by atoms with Crippen molar-refractivity contribution in [3.63, 3.8) is 0 Å². The zero-order valence-corrected chi connectivity index (χ0v) is 11.4. The van der Waals surface area contributed by atoms with Crippen molar-refractivity contribution >= 4 is 13.1 Å². The Morgan fingerprint density at radius 1 is 1.00 bits per heavy atom. The molecule has 0 radical (unpaired) electrons. The number of benzene rings is 2. The average Bonchev–Trinajstić information content (AvgIpc) is 2.72. The summed E-state index contributed by atoms with van der Waals surface area (Å²) in [6, 6.07) is 10.4. The standard InChI is InChI=1S/C15H13BO5/c1-20-8-9-2-4-11-13-7-10(21-16(18)19)3-5-12(13)15(17)14(11)6-9/h2-7,18-19H,8H2,1H3. The van der Waals surface area contributed by atoms with Crippen LogP contribution in [0.5, 0.6) is 5.75 Å². The lowest BCUT2D eigenvalue weighted by molar-refractivity contribution is 0.104. The molecule has 0 unspecified atom stereocenters. The molecule has 0 saturated heterocycles. The molecular weight excluding hydrogens is 271 g/mol. The van der Waals surface area contributed by atoms with Crippen molar-refractivity contribution in [2.75, 3.05) is 7.11 Å². The molecule has 1 aliphatic rings. The molecule has 21 heavy (non-hydrogen) atoms. The van der Waals surface area contributed by atoms with E-state index in [0.29, 0.717) is 23.5 Å². The van der Waals surface area contributed by atoms with Gasteiger partial charge in [0.1, 0.15) is 5.75 Å². The third kappa shape index (κ3) is 2.44. The minimum Gasteiger partial charge on any atom is -0.512 e. The Hall–Kier alpha value is -2.15. The third-order valence-corrected chi connectivity index (χ3v) is 3.41. The van der Waals surface area contributed by atoms with Crippen LogP contribution in [0.4, 0.5) is 0 Å². The molecule has 0 atom stereocenters. The summed E-state index contributed by atoms with van der Waals surface area (Å²) in [5, 5.41) is 17.7. The fourth-order valence-electron chi connectivity index (χ4n) is 2.55. The summed E-state index contributed by atoms with van der Waals surface area (Å²) in [5.41, 5.74) is 3.69. The van der Waals surface area contributed by atoms with E-state index in [1.54, 1.807) is 19.2 Å². The number of rotatable bonds is 4. The zero-order valence-electron chi connectivity index (χ0n) is 11.4. The second kappa shape index (κ2) is 5.33. The summed E-state index contributed by atoms with van der Waals surface area (Å²) >= 11 is 0. The van der Waals surface area contributed by atoms with E-state index in [0.717, 1.165) is 16.7 Å². The van der Waals surface area contributed by atoms with E-state index in [1.807, 2.05) is 18.2 Å². The molecule has 0 aliphatic heterocycles. The van der Waals surface area contributed by atoms with E-state index in [2.05, 4.69) is 0 Å². The maximum atomic E-state index is 12.4. The Morgan fingerprint density at radius 3 is 2.48 bits per heavy atom. The van der Waals surface area contributed by atoms with Crippen molar-refractivity contribution in [3.8, 4) is 16.9 Å². The summed E-state index contributed by atoms with van der Waals surface area (Å²) in [4.78, 5) is 12.4. The van der Waals surface area contributed by atoms with E-state index in [9.17, 15) is 4.79 Å². The lowest BCUT2D eigenvalue weighted by Gasteiger charge is -2.07. The first-order chi connectivity index (χ1) is 10.1. The van der Waals surface area contributed by atoms with Crippen LogP contribution in [0.25, 0.3) is 11.1 Å². The van der Waals surface area contributed by atoms with Gasteiger partial charge in [-0.2, -0.15) is 0 Å². The monoisotopic (exact) mass is 284 g/mol. The third-order valence-electron chi connectivity index (χ3n) is 3.41. The highest BCUT2D eigenvalue weighted by atomic mass is 16.6. The van der Waals surface area contributed by atoms with Crippen LogP contribution in [0.1, 0.15) is 21.5 Å². The molecule has 0 fully saturated rings. The Morgan fingerprint density at radius 2 is 1.76 bits per heavy atom. The quantitative estimate of drug-likeness (QED) is 0.708. The van der Waals surface area contributed by atoms with Crippen LogP contribution in [-0.4, -0.2) is 30.3 Å². The summed E-state index contributed by atoms with van der Waals surface area (Å²) in [6.45, 7) is 0.446. The zero-order chi connectivity index (χ0) is 15.0. The van der Waals surface area contributed by atoms with Crippen LogP contribution in [0.15, 0.2) is 36.4 Å². The summed E-state index contributed by atoms with van der Waals surface area (Å²) in [7, 11) is -0.281. The normalized spacial score (nSPS) is 12.0. The van der Waals surface area contributed by atoms with Gasteiger partial charge >= 0.3 is 7.32 Å². The van der Waals surface area contributed by atoms with Crippen LogP contribution < -0.4 is 4.65 Å². The Bertz CT molecular complexity index is 711. The summed E-state index contributed by atoms with van der Waals surface area (Å²) in [5.74, 6) is 0.249. The molecule has 0 aromatic heterocycles. The van der Waals surface area contributed by atoms with Gasteiger partial charge in [-0.05, 0) is 41.0 Å². The highest BCUT2D eigenvalue weighted by Gasteiger charge is 2.27. The molecular formula is C15H13BO5. The fraction of sp³-hybridized carbons (Fsp3) is 0.133. The first-order valence-electron chi connectivity index (χ1n) is 6.44. The average molecular weight is 284 g/mol. The fourth-order valence-corrected chi connectivity index (χ4v) is 2.55. The highest BCUT2D eigenvalue weighted by Crippen LogP contribution is 2.39. The number of carbonyl (C=O) groups is 1. The maximum Gasteiger partial charge on any atom is 0.707 e. The van der Waals surface area contributed by atoms with Crippen LogP contribution in [0.3, 0.4) is 0 Å². The van der Waals surface area contributed by atoms with Crippen molar-refractivity contribution < 1.29 is 24.2 Å². The Balaban J connectivity index is 2.05. The van der Waals surface area contributed by atoms with Gasteiger partial charge in [0.25, 0.3) is 0 Å². The number of fused-ring (bicyclic) bond motifs is 3. The van der Waals surface area contributed by atoms with Gasteiger partial charge in [-0.15, -0.1) is 0 Å². The van der Waals surface area contributed by atoms with Gasteiger partial charge in [0.2, 0.25) is 0 Å². The van der Waals surface area contributed by atoms with Gasteiger partial charge in [0.05, 0.1) is 6.61 Å². The van der Waals surface area contributed by atoms with Crippen LogP contribution in [0.2, 0.25) is 0 Å². The maximum absolute atomic E-state index is 12.4. The van der Waals surface area contributed by atoms with Crippen molar-refractivity contribution in [2.45, 2.75) is 6.61 Å². The molecule has 0 heterocycles. The molecule has 2 aromatic rings. The molecule has 3 rings (SSSR count). The molecule has 106 valence electrons. The van der Waals surface area contributed by atoms with Gasteiger partial charge < -0.3 is 19.4 Å². The molecule has 0 amide bonds. The molecule has 0 bridgehead atoms. The molecule has 2 aromatic carbocycles. The van der Waals surface area contributed by atoms with Crippen molar-refractivity contribution in [2.24, 2.45) is 0 Å². The molecule has 0 spiro atoms. The summed E-state index contributed by atoms with van der Waals surface area (Å²) in [6.07, 6.45) is 0. The van der Waals surface area contributed by atoms with Crippen LogP contribution >= 0.6 is 0 Å². The van der Waals surface area contributed by atoms with Crippen molar-refractivity contribution in [1.82, 2.24) is 0 Å². The SMILES string of the molecule is COCc1ccc2c(c1)C(=O)c1ccc(OB(O)O)cc1-2. The van der Waals surface area contributed by atoms with E-state index >= 15 is 0 Å². The van der Waals surface area contributed by atoms with E-state index in [1.165, 1.54) is 6.07 Å². The second-order valence-electron chi connectivity index (χ2n) is 4.79. The smallest absolute Gasteiger partial charge is 0.512 e. The number of hydrogen-bond acceptors (Lipinski definition) is 5. The molecule has 6 heteroatoms. The van der Waals surface area contributed by atoms with Gasteiger partial charge in [0, 0.05) is 18.2 Å². The predicted molar refractivity (Wildman–Crippen MR) is 76.8 cm³/mol. The number of ether oxygens (including phenoxy) is 1. The number of carbonyl (C=O) groups excluding carboxylic acids is 1. The van der Waals surface area contributed by atoms with Gasteiger partial charge in [-0.1, -0.05) is 12.1 Å². The second-order valence-corrected chi connectivity index (χ2v) is 4.79. The Kier molecular flexibility index (Phi) is 3.51. The van der Waals surface area contributed by atoms with Crippen molar-refractivity contribution in [3.05, 3.63) is 53.1 Å². The van der Waals surface area contributed by atoms with Crippen LogP contribution in [-0.2, 0) is 11.3 Å². The largest absolute Gasteiger partial charge is 0.707 e. The molecule has 5 nitrogen and oxygen atoms in total. The Labute approximate surface area is 121 Å². The summed E-state index contributed by atoms with van der Waals surface area (Å²) < 4.78 is 9.91. The van der Waals surface area contributed by atoms with Crippen LogP contribution in [0, 0.1) is 0 Å². The minimum absolute atomic E-state index is 0.0472. The number of hydrogen-bond donors (Lipinski definition) is 2. The molecule has 2 N–H and O–H groups in total. The topological polar surface area (TPSA) is 76.0 Å². The number of methoxy groups -OCH3 is 1. The minimum atomic E-state index is -1.89. The molecule has 1 aliphatic carbocycles. The van der Waals surface area contributed by atoms with E-state index in [-0.39, 0.29) is 5.78 Å². The highest BCUT2D eigenvalue weighted by molar-refractivity contribution is 6.33. The van der Waals surface area contributed by atoms with Gasteiger partial charge in [0.15, 0.2) is 5.78 Å². The first-order valence-corrected chi connectivity index (χ1v) is 6.44. The van der Waals surface area contributed by atoms with Crippen molar-refractivity contribution in [1.29, 1.82) is 0 Å². The lowest BCUT2D eigenvalue weighted by atomic mass is 10.0. The first kappa shape index (κ1) is 13.8. The predicted octanol–water partition coefficient (Wildman–Crippen LogP) is 1.39. The van der Waals surface area contributed by atoms with E-state index < -0.39 is 7.32 Å². The van der Waals surface area contributed by atoms with Gasteiger partial charge in [-0.25, -0.2) is 0 Å². The number of ketones is 1. The molecule has 0 saturated carbocycles. The van der Waals surface area contributed by atoms with E-state index in [4.69, 9.17) is 19.4 Å². The lowest BCUT2D eigenvalue weighted by Crippen LogP contribution is -2.20.